The molecule has 8 nitrogen and oxygen atoms in total. The van der Waals surface area contributed by atoms with Gasteiger partial charge in [0.15, 0.2) is 11.5 Å². The Morgan fingerprint density at radius 2 is 1.74 bits per heavy atom. The number of nitrogens with one attached hydrogen (secondary N) is 1. The van der Waals surface area contributed by atoms with Crippen molar-refractivity contribution in [2.75, 3.05) is 27.7 Å². The van der Waals surface area contributed by atoms with E-state index in [2.05, 4.69) is 24.0 Å². The lowest BCUT2D eigenvalue weighted by atomic mass is 9.81. The Morgan fingerprint density at radius 3 is 2.33 bits per heavy atom. The smallest absolute Gasteiger partial charge is 0.255 e. The SMILES string of the molecule is COc1c2c(c(C)c3c1C1(CC1)CN(Cc1c(C)cc(C)[nH]c1=O)C3=O)OC(C)([C@H]1CC[C@H](N(C)C)CC1)O2. The van der Waals surface area contributed by atoms with Gasteiger partial charge in [0.1, 0.15) is 0 Å². The maximum Gasteiger partial charge on any atom is 0.255 e. The molecule has 2 aliphatic carbocycles. The van der Waals surface area contributed by atoms with E-state index in [0.29, 0.717) is 41.0 Å². The summed E-state index contributed by atoms with van der Waals surface area (Å²) >= 11 is 0. The van der Waals surface area contributed by atoms with Crippen molar-refractivity contribution in [3.05, 3.63) is 49.9 Å². The second-order valence-corrected chi connectivity index (χ2v) is 12.6. The molecule has 4 aliphatic rings. The molecule has 0 saturated heterocycles. The van der Waals surface area contributed by atoms with Crippen LogP contribution in [0, 0.1) is 26.7 Å². The summed E-state index contributed by atoms with van der Waals surface area (Å²) in [4.78, 5) is 34.0. The summed E-state index contributed by atoms with van der Waals surface area (Å²) in [5.74, 6) is 1.28. The lowest BCUT2D eigenvalue weighted by molar-refractivity contribution is -0.123. The molecule has 1 aromatic heterocycles. The number of benzene rings is 1. The van der Waals surface area contributed by atoms with E-state index in [-0.39, 0.29) is 29.3 Å². The number of pyridine rings is 1. The highest BCUT2D eigenvalue weighted by atomic mass is 16.7. The molecule has 2 saturated carbocycles. The molecule has 2 aromatic rings. The maximum atomic E-state index is 14.1. The van der Waals surface area contributed by atoms with Crippen LogP contribution < -0.4 is 19.8 Å². The Labute approximate surface area is 230 Å². The standard InChI is InChI=1S/C31H41N3O5/c1-17-14-18(2)32-28(35)22(17)15-34-16-31(12-13-31)24-23(29(34)36)19(3)25-27(26(24)37-7)39-30(4,38-25)20-8-10-21(11-9-20)33(5)6/h14,20-21H,8-13,15-16H2,1-7H3,(H,32,35)/t20-,21-,30?. The highest BCUT2D eigenvalue weighted by Gasteiger charge is 2.57. The monoisotopic (exact) mass is 535 g/mol. The molecule has 1 amide bonds. The molecular formula is C31H41N3O5. The molecule has 39 heavy (non-hydrogen) atoms. The average Bonchev–Trinajstić information content (AvgIpc) is 3.56. The number of aromatic amines is 1. The Morgan fingerprint density at radius 1 is 1.08 bits per heavy atom. The van der Waals surface area contributed by atoms with Crippen LogP contribution in [0.4, 0.5) is 0 Å². The van der Waals surface area contributed by atoms with Crippen molar-refractivity contribution in [1.82, 2.24) is 14.8 Å². The fourth-order valence-electron chi connectivity index (χ4n) is 7.32. The Kier molecular flexibility index (Phi) is 6.06. The Bertz CT molecular complexity index is 1400. The topological polar surface area (TPSA) is 84.1 Å². The summed E-state index contributed by atoms with van der Waals surface area (Å²) in [6.07, 6.45) is 6.20. The van der Waals surface area contributed by atoms with Gasteiger partial charge in [-0.05, 0) is 85.0 Å². The number of carbonyl (C=O) groups is 1. The van der Waals surface area contributed by atoms with Gasteiger partial charge < -0.3 is 29.0 Å². The zero-order valence-corrected chi connectivity index (χ0v) is 24.3. The molecule has 1 aromatic carbocycles. The molecule has 0 bridgehead atoms. The molecule has 3 heterocycles. The van der Waals surface area contributed by atoms with E-state index >= 15 is 0 Å². The number of rotatable bonds is 5. The number of aromatic nitrogens is 1. The van der Waals surface area contributed by atoms with Crippen molar-refractivity contribution in [2.24, 2.45) is 5.92 Å². The van der Waals surface area contributed by atoms with Crippen molar-refractivity contribution >= 4 is 5.91 Å². The zero-order valence-electron chi connectivity index (χ0n) is 24.3. The van der Waals surface area contributed by atoms with Gasteiger partial charge in [-0.1, -0.05) is 0 Å². The quantitative estimate of drug-likeness (QED) is 0.602. The summed E-state index contributed by atoms with van der Waals surface area (Å²) < 4.78 is 19.4. The van der Waals surface area contributed by atoms with Crippen molar-refractivity contribution in [1.29, 1.82) is 0 Å². The minimum Gasteiger partial charge on any atom is -0.492 e. The van der Waals surface area contributed by atoms with Gasteiger partial charge in [-0.25, -0.2) is 0 Å². The number of methoxy groups -OCH3 is 1. The zero-order chi connectivity index (χ0) is 27.9. The largest absolute Gasteiger partial charge is 0.492 e. The first-order valence-corrected chi connectivity index (χ1v) is 14.3. The highest BCUT2D eigenvalue weighted by molar-refractivity contribution is 6.01. The van der Waals surface area contributed by atoms with Crippen LogP contribution in [0.2, 0.25) is 0 Å². The van der Waals surface area contributed by atoms with Crippen LogP contribution in [-0.2, 0) is 12.0 Å². The van der Waals surface area contributed by atoms with Gasteiger partial charge >= 0.3 is 0 Å². The second-order valence-electron chi connectivity index (χ2n) is 12.6. The predicted molar refractivity (Wildman–Crippen MR) is 149 cm³/mol. The number of nitrogens with zero attached hydrogens (tertiary/aromatic N) is 2. The van der Waals surface area contributed by atoms with Crippen LogP contribution in [-0.4, -0.2) is 60.3 Å². The van der Waals surface area contributed by atoms with E-state index in [4.69, 9.17) is 14.2 Å². The van der Waals surface area contributed by atoms with E-state index in [0.717, 1.165) is 60.9 Å². The van der Waals surface area contributed by atoms with Crippen LogP contribution in [0.5, 0.6) is 17.2 Å². The fourth-order valence-corrected chi connectivity index (χ4v) is 7.32. The van der Waals surface area contributed by atoms with Gasteiger partial charge in [0, 0.05) is 53.2 Å². The molecule has 2 fully saturated rings. The van der Waals surface area contributed by atoms with Gasteiger partial charge in [0.05, 0.1) is 19.2 Å². The molecule has 1 spiro atoms. The van der Waals surface area contributed by atoms with Gasteiger partial charge in [-0.15, -0.1) is 0 Å². The average molecular weight is 536 g/mol. The minimum absolute atomic E-state index is 0.0794. The van der Waals surface area contributed by atoms with Crippen LogP contribution in [0.3, 0.4) is 0 Å². The molecule has 1 unspecified atom stereocenters. The van der Waals surface area contributed by atoms with E-state index in [9.17, 15) is 9.59 Å². The maximum absolute atomic E-state index is 14.1. The summed E-state index contributed by atoms with van der Waals surface area (Å²) in [6.45, 7) is 8.67. The third kappa shape index (κ3) is 4.05. The number of H-pyrrole nitrogens is 1. The number of hydrogen-bond donors (Lipinski definition) is 1. The molecule has 6 rings (SSSR count). The first kappa shape index (κ1) is 26.2. The van der Waals surface area contributed by atoms with Gasteiger partial charge in [0.2, 0.25) is 5.75 Å². The van der Waals surface area contributed by atoms with Crippen LogP contribution in [0.15, 0.2) is 10.9 Å². The normalized spacial score (nSPS) is 26.8. The predicted octanol–water partition coefficient (Wildman–Crippen LogP) is 4.60. The van der Waals surface area contributed by atoms with E-state index in [1.54, 1.807) is 7.11 Å². The van der Waals surface area contributed by atoms with Crippen LogP contribution >= 0.6 is 0 Å². The first-order chi connectivity index (χ1) is 18.5. The first-order valence-electron chi connectivity index (χ1n) is 14.3. The van der Waals surface area contributed by atoms with E-state index < -0.39 is 5.79 Å². The minimum atomic E-state index is -0.798. The Hall–Kier alpha value is -3.00. The summed E-state index contributed by atoms with van der Waals surface area (Å²) in [6, 6.07) is 2.55. The number of hydrogen-bond acceptors (Lipinski definition) is 6. The number of carbonyl (C=O) groups excluding carboxylic acids is 1. The second kappa shape index (κ2) is 9.01. The number of aryl methyl sites for hydroxylation is 2. The number of ether oxygens (including phenoxy) is 3. The van der Waals surface area contributed by atoms with E-state index in [1.165, 1.54) is 0 Å². The van der Waals surface area contributed by atoms with Crippen LogP contribution in [0.1, 0.15) is 83.8 Å². The van der Waals surface area contributed by atoms with Crippen LogP contribution in [0.25, 0.3) is 0 Å². The van der Waals surface area contributed by atoms with Crippen molar-refractivity contribution in [2.45, 2.75) is 90.0 Å². The Balaban J connectivity index is 1.37. The molecule has 1 atom stereocenters. The molecule has 210 valence electrons. The summed E-state index contributed by atoms with van der Waals surface area (Å²) in [7, 11) is 5.96. The van der Waals surface area contributed by atoms with E-state index in [1.807, 2.05) is 38.7 Å². The lowest BCUT2D eigenvalue weighted by Crippen LogP contribution is -2.46. The third-order valence-corrected chi connectivity index (χ3v) is 9.81. The van der Waals surface area contributed by atoms with Gasteiger partial charge in [-0.3, -0.25) is 9.59 Å². The fraction of sp³-hybridized carbons (Fsp3) is 0.613. The molecule has 2 aliphatic heterocycles. The third-order valence-electron chi connectivity index (χ3n) is 9.81. The molecule has 8 heteroatoms. The highest BCUT2D eigenvalue weighted by Crippen LogP contribution is 2.62. The number of amides is 1. The molecule has 1 N–H and O–H groups in total. The summed E-state index contributed by atoms with van der Waals surface area (Å²) in [5, 5.41) is 0. The van der Waals surface area contributed by atoms with Crippen molar-refractivity contribution in [3.8, 4) is 17.2 Å². The van der Waals surface area contributed by atoms with Gasteiger partial charge in [-0.2, -0.15) is 0 Å². The van der Waals surface area contributed by atoms with Crippen molar-refractivity contribution in [3.63, 3.8) is 0 Å². The molecule has 0 radical (unpaired) electrons. The lowest BCUT2D eigenvalue weighted by Gasteiger charge is -2.39. The summed E-state index contributed by atoms with van der Waals surface area (Å²) in [5.41, 5.74) is 4.46. The van der Waals surface area contributed by atoms with Crippen molar-refractivity contribution < 1.29 is 19.0 Å². The molecular weight excluding hydrogens is 494 g/mol. The number of fused-ring (bicyclic) bond motifs is 3. The van der Waals surface area contributed by atoms with Gasteiger partial charge in [0.25, 0.3) is 17.3 Å².